The van der Waals surface area contributed by atoms with E-state index in [9.17, 15) is 4.79 Å². The minimum absolute atomic E-state index is 0.113. The summed E-state index contributed by atoms with van der Waals surface area (Å²) < 4.78 is 5.15. The van der Waals surface area contributed by atoms with Crippen LogP contribution in [-0.2, 0) is 11.2 Å². The summed E-state index contributed by atoms with van der Waals surface area (Å²) in [7, 11) is 1.65. The summed E-state index contributed by atoms with van der Waals surface area (Å²) >= 11 is 0. The first kappa shape index (κ1) is 20.1. The van der Waals surface area contributed by atoms with Crippen molar-refractivity contribution in [2.24, 2.45) is 0 Å². The molecule has 0 saturated carbocycles. The Hall–Kier alpha value is -2.67. The highest BCUT2D eigenvalue weighted by atomic mass is 16.5. The SMILES string of the molecule is COc1ccc(CCC(=O)NCCCN2CCN(c3ncccn3)CC2)cc1. The molecule has 0 bridgehead atoms. The molecule has 150 valence electrons. The number of hydrogen-bond acceptors (Lipinski definition) is 6. The summed E-state index contributed by atoms with van der Waals surface area (Å²) in [6.07, 6.45) is 5.80. The molecule has 0 aliphatic carbocycles. The number of hydrogen-bond donors (Lipinski definition) is 1. The van der Waals surface area contributed by atoms with Crippen LogP contribution >= 0.6 is 0 Å². The van der Waals surface area contributed by atoms with E-state index in [0.29, 0.717) is 6.42 Å². The smallest absolute Gasteiger partial charge is 0.225 e. The lowest BCUT2D eigenvalue weighted by Crippen LogP contribution is -2.47. The zero-order valence-corrected chi connectivity index (χ0v) is 16.5. The van der Waals surface area contributed by atoms with Crippen LogP contribution in [0.25, 0.3) is 0 Å². The van der Waals surface area contributed by atoms with Gasteiger partial charge >= 0.3 is 0 Å². The molecular formula is C21H29N5O2. The number of anilines is 1. The molecule has 1 aliphatic rings. The van der Waals surface area contributed by atoms with Crippen LogP contribution in [0.15, 0.2) is 42.7 Å². The molecule has 0 atom stereocenters. The number of methoxy groups -OCH3 is 1. The van der Waals surface area contributed by atoms with Gasteiger partial charge in [-0.3, -0.25) is 9.69 Å². The molecule has 1 amide bonds. The molecule has 7 heteroatoms. The number of ether oxygens (including phenoxy) is 1. The second kappa shape index (κ2) is 10.6. The second-order valence-corrected chi connectivity index (χ2v) is 6.93. The van der Waals surface area contributed by atoms with Gasteiger partial charge in [-0.1, -0.05) is 12.1 Å². The summed E-state index contributed by atoms with van der Waals surface area (Å²) in [5.74, 6) is 1.76. The van der Waals surface area contributed by atoms with Crippen LogP contribution in [-0.4, -0.2) is 67.2 Å². The third-order valence-electron chi connectivity index (χ3n) is 4.98. The van der Waals surface area contributed by atoms with Crippen LogP contribution in [0.1, 0.15) is 18.4 Å². The maximum Gasteiger partial charge on any atom is 0.225 e. The Morgan fingerprint density at radius 2 is 1.82 bits per heavy atom. The Labute approximate surface area is 166 Å². The fourth-order valence-electron chi connectivity index (χ4n) is 3.29. The Bertz CT molecular complexity index is 715. The highest BCUT2D eigenvalue weighted by molar-refractivity contribution is 5.76. The van der Waals surface area contributed by atoms with E-state index in [2.05, 4.69) is 25.1 Å². The number of benzene rings is 1. The van der Waals surface area contributed by atoms with Gasteiger partial charge in [-0.05, 0) is 43.1 Å². The Kier molecular flexibility index (Phi) is 7.61. The van der Waals surface area contributed by atoms with Gasteiger partial charge in [-0.25, -0.2) is 9.97 Å². The van der Waals surface area contributed by atoms with E-state index < -0.39 is 0 Å². The Morgan fingerprint density at radius 1 is 1.11 bits per heavy atom. The van der Waals surface area contributed by atoms with Crippen molar-refractivity contribution >= 4 is 11.9 Å². The van der Waals surface area contributed by atoms with Gasteiger partial charge < -0.3 is 15.0 Å². The van der Waals surface area contributed by atoms with Crippen molar-refractivity contribution in [2.45, 2.75) is 19.3 Å². The number of aromatic nitrogens is 2. The molecule has 1 fully saturated rings. The van der Waals surface area contributed by atoms with Crippen LogP contribution < -0.4 is 15.0 Å². The summed E-state index contributed by atoms with van der Waals surface area (Å²) in [6.45, 7) is 5.62. The van der Waals surface area contributed by atoms with Gasteiger partial charge in [0.1, 0.15) is 5.75 Å². The van der Waals surface area contributed by atoms with Crippen LogP contribution in [0.4, 0.5) is 5.95 Å². The van der Waals surface area contributed by atoms with Crippen molar-refractivity contribution in [1.82, 2.24) is 20.2 Å². The molecule has 0 unspecified atom stereocenters. The summed E-state index contributed by atoms with van der Waals surface area (Å²) in [6, 6.07) is 9.71. The molecule has 0 spiro atoms. The number of nitrogens with one attached hydrogen (secondary N) is 1. The van der Waals surface area contributed by atoms with Crippen LogP contribution in [0.5, 0.6) is 5.75 Å². The molecule has 28 heavy (non-hydrogen) atoms. The lowest BCUT2D eigenvalue weighted by atomic mass is 10.1. The van der Waals surface area contributed by atoms with E-state index in [-0.39, 0.29) is 5.91 Å². The van der Waals surface area contributed by atoms with Crippen molar-refractivity contribution in [2.75, 3.05) is 51.3 Å². The number of rotatable bonds is 9. The quantitative estimate of drug-likeness (QED) is 0.665. The van der Waals surface area contributed by atoms with Crippen molar-refractivity contribution in [3.05, 3.63) is 48.3 Å². The van der Waals surface area contributed by atoms with Crippen LogP contribution in [0, 0.1) is 0 Å². The van der Waals surface area contributed by atoms with Crippen LogP contribution in [0.2, 0.25) is 0 Å². The standard InChI is InChI=1S/C21H29N5O2/c1-28-19-7-4-18(5-8-19)6-9-20(27)22-12-3-13-25-14-16-26(17-15-25)21-23-10-2-11-24-21/h2,4-5,7-8,10-11H,3,6,9,12-17H2,1H3,(H,22,27). The predicted octanol–water partition coefficient (Wildman–Crippen LogP) is 1.75. The van der Waals surface area contributed by atoms with Crippen LogP contribution in [0.3, 0.4) is 0 Å². The normalized spacial score (nSPS) is 14.7. The maximum atomic E-state index is 12.0. The van der Waals surface area contributed by atoms with E-state index in [0.717, 1.165) is 69.4 Å². The first-order valence-electron chi connectivity index (χ1n) is 9.88. The second-order valence-electron chi connectivity index (χ2n) is 6.93. The minimum atomic E-state index is 0.113. The highest BCUT2D eigenvalue weighted by Gasteiger charge is 2.18. The van der Waals surface area contributed by atoms with Crippen molar-refractivity contribution < 1.29 is 9.53 Å². The number of amides is 1. The zero-order valence-electron chi connectivity index (χ0n) is 16.5. The predicted molar refractivity (Wildman–Crippen MR) is 110 cm³/mol. The Morgan fingerprint density at radius 3 is 2.50 bits per heavy atom. The van der Waals surface area contributed by atoms with Gasteiger partial charge in [0.05, 0.1) is 7.11 Å². The fraction of sp³-hybridized carbons (Fsp3) is 0.476. The third-order valence-corrected chi connectivity index (χ3v) is 4.98. The van der Waals surface area contributed by atoms with E-state index in [4.69, 9.17) is 4.74 Å². The van der Waals surface area contributed by atoms with Gasteiger partial charge in [-0.15, -0.1) is 0 Å². The first-order chi connectivity index (χ1) is 13.7. The van der Waals surface area contributed by atoms with Crippen molar-refractivity contribution in [1.29, 1.82) is 0 Å². The van der Waals surface area contributed by atoms with E-state index in [1.807, 2.05) is 30.3 Å². The lowest BCUT2D eigenvalue weighted by molar-refractivity contribution is -0.121. The monoisotopic (exact) mass is 383 g/mol. The molecule has 1 aromatic heterocycles. The molecule has 1 aromatic carbocycles. The highest BCUT2D eigenvalue weighted by Crippen LogP contribution is 2.12. The topological polar surface area (TPSA) is 70.6 Å². The largest absolute Gasteiger partial charge is 0.497 e. The summed E-state index contributed by atoms with van der Waals surface area (Å²) in [5.41, 5.74) is 1.15. The molecule has 0 radical (unpaired) electrons. The molecule has 1 aliphatic heterocycles. The van der Waals surface area contributed by atoms with E-state index in [1.54, 1.807) is 19.5 Å². The number of nitrogens with zero attached hydrogens (tertiary/aromatic N) is 4. The number of carbonyl (C=O) groups is 1. The fourth-order valence-corrected chi connectivity index (χ4v) is 3.29. The minimum Gasteiger partial charge on any atom is -0.497 e. The lowest BCUT2D eigenvalue weighted by Gasteiger charge is -2.34. The van der Waals surface area contributed by atoms with Gasteiger partial charge in [0, 0.05) is 51.5 Å². The molecule has 2 aromatic rings. The average molecular weight is 383 g/mol. The van der Waals surface area contributed by atoms with Gasteiger partial charge in [-0.2, -0.15) is 0 Å². The maximum absolute atomic E-state index is 12.0. The molecular weight excluding hydrogens is 354 g/mol. The van der Waals surface area contributed by atoms with Crippen molar-refractivity contribution in [3.8, 4) is 5.75 Å². The summed E-state index contributed by atoms with van der Waals surface area (Å²) in [5, 5.41) is 3.03. The van der Waals surface area contributed by atoms with Gasteiger partial charge in [0.25, 0.3) is 0 Å². The molecule has 7 nitrogen and oxygen atoms in total. The molecule has 1 N–H and O–H groups in total. The Balaban J connectivity index is 1.26. The number of carbonyl (C=O) groups excluding carboxylic acids is 1. The number of piperazine rings is 1. The summed E-state index contributed by atoms with van der Waals surface area (Å²) in [4.78, 5) is 25.3. The zero-order chi connectivity index (χ0) is 19.6. The molecule has 3 rings (SSSR count). The van der Waals surface area contributed by atoms with Crippen molar-refractivity contribution in [3.63, 3.8) is 0 Å². The van der Waals surface area contributed by atoms with Gasteiger partial charge in [0.2, 0.25) is 11.9 Å². The first-order valence-corrected chi connectivity index (χ1v) is 9.88. The average Bonchev–Trinajstić information content (AvgIpc) is 2.76. The number of aryl methyl sites for hydroxylation is 1. The molecule has 1 saturated heterocycles. The molecule has 2 heterocycles. The van der Waals surface area contributed by atoms with Gasteiger partial charge in [0.15, 0.2) is 0 Å². The van der Waals surface area contributed by atoms with E-state index >= 15 is 0 Å². The van der Waals surface area contributed by atoms with E-state index in [1.165, 1.54) is 0 Å². The third kappa shape index (κ3) is 6.20.